The van der Waals surface area contributed by atoms with Crippen LogP contribution in [-0.2, 0) is 0 Å². The SMILES string of the molecule is COc1cccc(OC)c1OC(C)C1(CN)COc2ccccc2O1.Cl. The number of fused-ring (bicyclic) bond motifs is 1. The topological polar surface area (TPSA) is 72.2 Å². The first-order valence-corrected chi connectivity index (χ1v) is 8.12. The monoisotopic (exact) mass is 381 g/mol. The quantitative estimate of drug-likeness (QED) is 0.829. The zero-order chi connectivity index (χ0) is 17.9. The summed E-state index contributed by atoms with van der Waals surface area (Å²) in [5, 5.41) is 0. The second-order valence-corrected chi connectivity index (χ2v) is 5.86. The minimum atomic E-state index is -0.819. The summed E-state index contributed by atoms with van der Waals surface area (Å²) in [5.74, 6) is 3.02. The number of para-hydroxylation sites is 3. The van der Waals surface area contributed by atoms with Gasteiger partial charge in [-0.3, -0.25) is 0 Å². The van der Waals surface area contributed by atoms with E-state index in [4.69, 9.17) is 29.4 Å². The van der Waals surface area contributed by atoms with E-state index in [-0.39, 0.29) is 19.0 Å². The van der Waals surface area contributed by atoms with Crippen molar-refractivity contribution >= 4 is 12.4 Å². The third-order valence-electron chi connectivity index (χ3n) is 4.40. The van der Waals surface area contributed by atoms with Gasteiger partial charge in [0, 0.05) is 6.54 Å². The number of hydrogen-bond acceptors (Lipinski definition) is 6. The van der Waals surface area contributed by atoms with Crippen LogP contribution in [0, 0.1) is 0 Å². The van der Waals surface area contributed by atoms with Crippen molar-refractivity contribution in [2.24, 2.45) is 5.73 Å². The number of halogens is 1. The van der Waals surface area contributed by atoms with Gasteiger partial charge in [-0.15, -0.1) is 12.4 Å². The van der Waals surface area contributed by atoms with Crippen molar-refractivity contribution < 1.29 is 23.7 Å². The lowest BCUT2D eigenvalue weighted by molar-refractivity contribution is -0.0732. The predicted molar refractivity (Wildman–Crippen MR) is 101 cm³/mol. The van der Waals surface area contributed by atoms with Crippen molar-refractivity contribution in [1.82, 2.24) is 0 Å². The average Bonchev–Trinajstić information content (AvgIpc) is 2.67. The van der Waals surface area contributed by atoms with Gasteiger partial charge in [0.15, 0.2) is 28.6 Å². The zero-order valence-electron chi connectivity index (χ0n) is 15.1. The maximum absolute atomic E-state index is 6.19. The van der Waals surface area contributed by atoms with Gasteiger partial charge in [0.05, 0.1) is 14.2 Å². The molecule has 2 aromatic rings. The van der Waals surface area contributed by atoms with Crippen LogP contribution in [0.25, 0.3) is 0 Å². The van der Waals surface area contributed by atoms with E-state index in [1.165, 1.54) is 0 Å². The molecular formula is C19H24ClNO5. The van der Waals surface area contributed by atoms with Gasteiger partial charge in [0.1, 0.15) is 12.7 Å². The summed E-state index contributed by atoms with van der Waals surface area (Å²) < 4.78 is 29.0. The maximum Gasteiger partial charge on any atom is 0.203 e. The Hall–Kier alpha value is -2.31. The van der Waals surface area contributed by atoms with Crippen molar-refractivity contribution in [3.8, 4) is 28.7 Å². The molecule has 2 N–H and O–H groups in total. The lowest BCUT2D eigenvalue weighted by Crippen LogP contribution is -2.60. The summed E-state index contributed by atoms with van der Waals surface area (Å²) in [6, 6.07) is 13.0. The van der Waals surface area contributed by atoms with Gasteiger partial charge in [0.2, 0.25) is 5.75 Å². The molecule has 0 amide bonds. The van der Waals surface area contributed by atoms with Crippen molar-refractivity contribution in [1.29, 1.82) is 0 Å². The summed E-state index contributed by atoms with van der Waals surface area (Å²) in [5.41, 5.74) is 5.22. The van der Waals surface area contributed by atoms with Gasteiger partial charge in [0.25, 0.3) is 0 Å². The molecule has 26 heavy (non-hydrogen) atoms. The number of nitrogens with two attached hydrogens (primary N) is 1. The average molecular weight is 382 g/mol. The lowest BCUT2D eigenvalue weighted by atomic mass is 9.97. The first-order chi connectivity index (χ1) is 12.1. The highest BCUT2D eigenvalue weighted by Crippen LogP contribution is 2.41. The molecule has 6 nitrogen and oxygen atoms in total. The van der Waals surface area contributed by atoms with E-state index < -0.39 is 11.7 Å². The molecule has 1 aliphatic heterocycles. The van der Waals surface area contributed by atoms with Gasteiger partial charge in [-0.25, -0.2) is 0 Å². The van der Waals surface area contributed by atoms with E-state index in [1.807, 2.05) is 49.4 Å². The Bertz CT molecular complexity index is 719. The fourth-order valence-electron chi connectivity index (χ4n) is 2.79. The van der Waals surface area contributed by atoms with Crippen molar-refractivity contribution in [3.05, 3.63) is 42.5 Å². The normalized spacial score (nSPS) is 19.1. The molecule has 0 aromatic heterocycles. The first kappa shape index (κ1) is 20.0. The second-order valence-electron chi connectivity index (χ2n) is 5.86. The van der Waals surface area contributed by atoms with Crippen molar-refractivity contribution in [2.75, 3.05) is 27.4 Å². The standard InChI is InChI=1S/C19H23NO5.ClH/c1-13(24-18-16(21-2)9-6-10-17(18)22-3)19(11-20)12-23-14-7-4-5-8-15(14)25-19;/h4-10,13H,11-12,20H2,1-3H3;1H. The highest BCUT2D eigenvalue weighted by Gasteiger charge is 2.44. The van der Waals surface area contributed by atoms with Crippen LogP contribution in [0.15, 0.2) is 42.5 Å². The molecule has 0 spiro atoms. The van der Waals surface area contributed by atoms with Gasteiger partial charge in [-0.05, 0) is 31.2 Å². The van der Waals surface area contributed by atoms with Crippen molar-refractivity contribution in [2.45, 2.75) is 18.6 Å². The molecule has 2 atom stereocenters. The number of hydrogen-bond donors (Lipinski definition) is 1. The van der Waals surface area contributed by atoms with Crippen LogP contribution in [0.2, 0.25) is 0 Å². The van der Waals surface area contributed by atoms with Crippen LogP contribution >= 0.6 is 12.4 Å². The lowest BCUT2D eigenvalue weighted by Gasteiger charge is -2.41. The third-order valence-corrected chi connectivity index (χ3v) is 4.40. The Morgan fingerprint density at radius 1 is 1.04 bits per heavy atom. The summed E-state index contributed by atoms with van der Waals surface area (Å²) in [6.07, 6.45) is -0.406. The Morgan fingerprint density at radius 3 is 2.23 bits per heavy atom. The Labute approximate surface area is 159 Å². The summed E-state index contributed by atoms with van der Waals surface area (Å²) in [4.78, 5) is 0. The maximum atomic E-state index is 6.19. The number of benzene rings is 2. The molecular weight excluding hydrogens is 358 g/mol. The van der Waals surface area contributed by atoms with E-state index >= 15 is 0 Å². The summed E-state index contributed by atoms with van der Waals surface area (Å²) >= 11 is 0. The van der Waals surface area contributed by atoms with Gasteiger partial charge >= 0.3 is 0 Å². The highest BCUT2D eigenvalue weighted by molar-refractivity contribution is 5.85. The van der Waals surface area contributed by atoms with Crippen LogP contribution in [-0.4, -0.2) is 39.1 Å². The smallest absolute Gasteiger partial charge is 0.203 e. The Morgan fingerprint density at radius 2 is 1.65 bits per heavy atom. The van der Waals surface area contributed by atoms with E-state index in [0.717, 1.165) is 0 Å². The fourth-order valence-corrected chi connectivity index (χ4v) is 2.79. The minimum absolute atomic E-state index is 0. The van der Waals surface area contributed by atoms with Gasteiger partial charge < -0.3 is 29.4 Å². The van der Waals surface area contributed by atoms with Gasteiger partial charge in [-0.1, -0.05) is 18.2 Å². The molecule has 142 valence electrons. The molecule has 1 heterocycles. The molecule has 0 fully saturated rings. The first-order valence-electron chi connectivity index (χ1n) is 8.12. The van der Waals surface area contributed by atoms with Crippen LogP contribution in [0.4, 0.5) is 0 Å². The summed E-state index contributed by atoms with van der Waals surface area (Å²) in [6.45, 7) is 2.43. The molecule has 0 radical (unpaired) electrons. The minimum Gasteiger partial charge on any atom is -0.493 e. The number of rotatable bonds is 6. The second kappa shape index (κ2) is 8.38. The third kappa shape index (κ3) is 3.61. The van der Waals surface area contributed by atoms with Crippen LogP contribution in [0.5, 0.6) is 28.7 Å². The van der Waals surface area contributed by atoms with Crippen molar-refractivity contribution in [3.63, 3.8) is 0 Å². The van der Waals surface area contributed by atoms with Crippen LogP contribution in [0.1, 0.15) is 6.92 Å². The molecule has 2 unspecified atom stereocenters. The van der Waals surface area contributed by atoms with Crippen LogP contribution in [0.3, 0.4) is 0 Å². The van der Waals surface area contributed by atoms with Crippen LogP contribution < -0.4 is 29.4 Å². The van der Waals surface area contributed by atoms with E-state index in [9.17, 15) is 0 Å². The number of ether oxygens (including phenoxy) is 5. The molecule has 7 heteroatoms. The molecule has 3 rings (SSSR count). The molecule has 0 bridgehead atoms. The number of methoxy groups -OCH3 is 2. The zero-order valence-corrected chi connectivity index (χ0v) is 15.9. The summed E-state index contributed by atoms with van der Waals surface area (Å²) in [7, 11) is 3.17. The molecule has 0 saturated carbocycles. The predicted octanol–water partition coefficient (Wildman–Crippen LogP) is 3.06. The largest absolute Gasteiger partial charge is 0.493 e. The molecule has 1 aliphatic rings. The highest BCUT2D eigenvalue weighted by atomic mass is 35.5. The fraction of sp³-hybridized carbons (Fsp3) is 0.368. The molecule has 0 saturated heterocycles. The van der Waals surface area contributed by atoms with Gasteiger partial charge in [-0.2, -0.15) is 0 Å². The van der Waals surface area contributed by atoms with E-state index in [2.05, 4.69) is 0 Å². The Balaban J connectivity index is 0.00000243. The Kier molecular flexibility index (Phi) is 6.45. The molecule has 2 aromatic carbocycles. The van der Waals surface area contributed by atoms with E-state index in [1.54, 1.807) is 14.2 Å². The van der Waals surface area contributed by atoms with E-state index in [0.29, 0.717) is 35.4 Å². The molecule has 0 aliphatic carbocycles.